The molecule has 1 aromatic heterocycles. The van der Waals surface area contributed by atoms with Crippen LogP contribution in [0.2, 0.25) is 5.02 Å². The van der Waals surface area contributed by atoms with Crippen molar-refractivity contribution in [3.05, 3.63) is 90.7 Å². The third-order valence-electron chi connectivity index (χ3n) is 4.25. The second-order valence-corrected chi connectivity index (χ2v) is 6.50. The number of hydrogen-bond acceptors (Lipinski definition) is 5. The van der Waals surface area contributed by atoms with Crippen molar-refractivity contribution >= 4 is 34.9 Å². The number of aryl methyl sites for hydroxylation is 1. The normalized spacial score (nSPS) is 11.1. The number of benzene rings is 2. The Morgan fingerprint density at radius 3 is 2.46 bits per heavy atom. The molecular formula is C19H15ClN4O4. The van der Waals surface area contributed by atoms with Crippen LogP contribution >= 0.6 is 11.6 Å². The van der Waals surface area contributed by atoms with Crippen molar-refractivity contribution in [1.29, 1.82) is 0 Å². The Labute approximate surface area is 165 Å². The second-order valence-electron chi connectivity index (χ2n) is 6.09. The molecule has 0 saturated carbocycles. The fourth-order valence-electron chi connectivity index (χ4n) is 2.93. The monoisotopic (exact) mass is 398 g/mol. The zero-order chi connectivity index (χ0) is 20.4. The predicted octanol–water partition coefficient (Wildman–Crippen LogP) is 5.31. The van der Waals surface area contributed by atoms with Crippen molar-refractivity contribution in [3.63, 3.8) is 0 Å². The third kappa shape index (κ3) is 3.77. The first-order chi connectivity index (χ1) is 13.3. The highest BCUT2D eigenvalue weighted by Crippen LogP contribution is 2.29. The van der Waals surface area contributed by atoms with Crippen molar-refractivity contribution in [2.24, 2.45) is 4.99 Å². The minimum atomic E-state index is -0.560. The Hall–Kier alpha value is -3.52. The van der Waals surface area contributed by atoms with Gasteiger partial charge in [0.05, 0.1) is 21.2 Å². The number of nitro benzene ring substituents is 2. The van der Waals surface area contributed by atoms with Crippen LogP contribution in [0.25, 0.3) is 5.69 Å². The lowest BCUT2D eigenvalue weighted by molar-refractivity contribution is -0.384. The maximum atomic E-state index is 11.0. The summed E-state index contributed by atoms with van der Waals surface area (Å²) in [6.45, 7) is 3.76. The molecule has 0 unspecified atom stereocenters. The fraction of sp³-hybridized carbons (Fsp3) is 0.105. The molecule has 0 aliphatic heterocycles. The highest BCUT2D eigenvalue weighted by Gasteiger charge is 2.14. The van der Waals surface area contributed by atoms with Crippen LogP contribution in [0.1, 0.15) is 17.0 Å². The summed E-state index contributed by atoms with van der Waals surface area (Å²) >= 11 is 5.82. The Kier molecular flexibility index (Phi) is 5.23. The van der Waals surface area contributed by atoms with Gasteiger partial charge in [0.25, 0.3) is 11.4 Å². The lowest BCUT2D eigenvalue weighted by Crippen LogP contribution is -2.00. The Morgan fingerprint density at radius 1 is 1.04 bits per heavy atom. The first-order valence-electron chi connectivity index (χ1n) is 8.19. The summed E-state index contributed by atoms with van der Waals surface area (Å²) < 4.78 is 1.89. The van der Waals surface area contributed by atoms with E-state index >= 15 is 0 Å². The van der Waals surface area contributed by atoms with Gasteiger partial charge in [-0.15, -0.1) is 0 Å². The average Bonchev–Trinajstić information content (AvgIpc) is 2.94. The number of rotatable bonds is 5. The summed E-state index contributed by atoms with van der Waals surface area (Å²) in [5.74, 6) is 0. The molecule has 28 heavy (non-hydrogen) atoms. The van der Waals surface area contributed by atoms with E-state index in [2.05, 4.69) is 4.99 Å². The minimum absolute atomic E-state index is 0.00805. The molecule has 9 heteroatoms. The van der Waals surface area contributed by atoms with Crippen LogP contribution in [0, 0.1) is 34.1 Å². The SMILES string of the molecule is Cc1cc(C=Nc2ccc(Cl)c([N+](=O)[O-])c2)c(C)n1-c1cccc([N+](=O)[O-])c1. The number of hydrogen-bond donors (Lipinski definition) is 0. The van der Waals surface area contributed by atoms with E-state index in [9.17, 15) is 20.2 Å². The molecule has 0 fully saturated rings. The van der Waals surface area contributed by atoms with Crippen LogP contribution in [0.4, 0.5) is 17.1 Å². The Morgan fingerprint density at radius 2 is 1.79 bits per heavy atom. The number of halogens is 1. The molecule has 0 N–H and O–H groups in total. The van der Waals surface area contributed by atoms with E-state index in [0.29, 0.717) is 11.4 Å². The standard InChI is InChI=1S/C19H15ClN4O4/c1-12-8-14(11-21-15-6-7-18(20)19(9-15)24(27)28)13(2)22(12)16-4-3-5-17(10-16)23(25)26/h3-11H,1-2H3. The molecule has 0 spiro atoms. The molecule has 0 aliphatic rings. The summed E-state index contributed by atoms with van der Waals surface area (Å²) in [7, 11) is 0. The van der Waals surface area contributed by atoms with E-state index in [1.807, 2.05) is 24.5 Å². The van der Waals surface area contributed by atoms with Crippen LogP contribution in [-0.2, 0) is 0 Å². The van der Waals surface area contributed by atoms with Gasteiger partial charge in [-0.1, -0.05) is 17.7 Å². The molecule has 0 saturated heterocycles. The Bertz CT molecular complexity index is 1120. The molecule has 0 atom stereocenters. The van der Waals surface area contributed by atoms with Gasteiger partial charge < -0.3 is 4.57 Å². The molecule has 3 aromatic rings. The highest BCUT2D eigenvalue weighted by atomic mass is 35.5. The van der Waals surface area contributed by atoms with Gasteiger partial charge in [0.15, 0.2) is 0 Å². The van der Waals surface area contributed by atoms with Crippen molar-refractivity contribution in [1.82, 2.24) is 4.57 Å². The number of non-ortho nitro benzene ring substituents is 1. The molecule has 142 valence electrons. The predicted molar refractivity (Wildman–Crippen MR) is 107 cm³/mol. The maximum absolute atomic E-state index is 11.0. The van der Waals surface area contributed by atoms with E-state index in [1.54, 1.807) is 24.4 Å². The summed E-state index contributed by atoms with van der Waals surface area (Å²) in [4.78, 5) is 25.3. The van der Waals surface area contributed by atoms with Gasteiger partial charge in [-0.3, -0.25) is 25.2 Å². The van der Waals surface area contributed by atoms with E-state index in [4.69, 9.17) is 11.6 Å². The van der Waals surface area contributed by atoms with Gasteiger partial charge in [-0.2, -0.15) is 0 Å². The highest BCUT2D eigenvalue weighted by molar-refractivity contribution is 6.32. The van der Waals surface area contributed by atoms with E-state index in [0.717, 1.165) is 17.0 Å². The summed E-state index contributed by atoms with van der Waals surface area (Å²) in [5.41, 5.74) is 3.38. The summed E-state index contributed by atoms with van der Waals surface area (Å²) in [6, 6.07) is 12.6. The second kappa shape index (κ2) is 7.61. The number of nitrogens with zero attached hydrogens (tertiary/aromatic N) is 4. The van der Waals surface area contributed by atoms with Gasteiger partial charge in [0.2, 0.25) is 0 Å². The molecule has 0 bridgehead atoms. The number of aliphatic imine (C=N–C) groups is 1. The first kappa shape index (κ1) is 19.2. The summed E-state index contributed by atoms with van der Waals surface area (Å²) in [5, 5.41) is 22.1. The van der Waals surface area contributed by atoms with Crippen molar-refractivity contribution in [2.45, 2.75) is 13.8 Å². The zero-order valence-corrected chi connectivity index (χ0v) is 15.8. The van der Waals surface area contributed by atoms with Crippen LogP contribution < -0.4 is 0 Å². The van der Waals surface area contributed by atoms with Gasteiger partial charge in [0, 0.05) is 41.4 Å². The Balaban J connectivity index is 1.98. The average molecular weight is 399 g/mol. The third-order valence-corrected chi connectivity index (χ3v) is 4.57. The smallest absolute Gasteiger partial charge is 0.290 e. The maximum Gasteiger partial charge on any atom is 0.290 e. The van der Waals surface area contributed by atoms with E-state index in [-0.39, 0.29) is 16.4 Å². The zero-order valence-electron chi connectivity index (χ0n) is 15.0. The quantitative estimate of drug-likeness (QED) is 0.329. The molecule has 3 rings (SSSR count). The number of nitro groups is 2. The van der Waals surface area contributed by atoms with Crippen molar-refractivity contribution in [2.75, 3.05) is 0 Å². The van der Waals surface area contributed by atoms with Crippen molar-refractivity contribution < 1.29 is 9.85 Å². The van der Waals surface area contributed by atoms with Crippen LogP contribution in [0.5, 0.6) is 0 Å². The topological polar surface area (TPSA) is 104 Å². The van der Waals surface area contributed by atoms with Gasteiger partial charge in [-0.25, -0.2) is 0 Å². The number of aromatic nitrogens is 1. The van der Waals surface area contributed by atoms with Gasteiger partial charge in [0.1, 0.15) is 5.02 Å². The van der Waals surface area contributed by atoms with E-state index in [1.165, 1.54) is 24.3 Å². The molecular weight excluding hydrogens is 384 g/mol. The fourth-order valence-corrected chi connectivity index (χ4v) is 3.11. The minimum Gasteiger partial charge on any atom is -0.318 e. The molecule has 1 heterocycles. The van der Waals surface area contributed by atoms with Crippen LogP contribution in [0.3, 0.4) is 0 Å². The van der Waals surface area contributed by atoms with Crippen LogP contribution in [-0.4, -0.2) is 20.6 Å². The van der Waals surface area contributed by atoms with Gasteiger partial charge in [-0.05, 0) is 38.1 Å². The van der Waals surface area contributed by atoms with Crippen molar-refractivity contribution in [3.8, 4) is 5.69 Å². The molecule has 0 radical (unpaired) electrons. The molecule has 2 aromatic carbocycles. The molecule has 8 nitrogen and oxygen atoms in total. The van der Waals surface area contributed by atoms with E-state index < -0.39 is 9.85 Å². The molecule has 0 amide bonds. The van der Waals surface area contributed by atoms with Gasteiger partial charge >= 0.3 is 0 Å². The lowest BCUT2D eigenvalue weighted by Gasteiger charge is -2.09. The summed E-state index contributed by atoms with van der Waals surface area (Å²) in [6.07, 6.45) is 1.60. The lowest BCUT2D eigenvalue weighted by atomic mass is 10.2. The van der Waals surface area contributed by atoms with Crippen LogP contribution in [0.15, 0.2) is 53.5 Å². The first-order valence-corrected chi connectivity index (χ1v) is 8.57. The largest absolute Gasteiger partial charge is 0.318 e. The molecule has 0 aliphatic carbocycles.